The summed E-state index contributed by atoms with van der Waals surface area (Å²) in [5, 5.41) is 3.69. The summed E-state index contributed by atoms with van der Waals surface area (Å²) in [5.41, 5.74) is 1.30. The number of rotatable bonds is 10. The first-order chi connectivity index (χ1) is 10.8. The zero-order valence-corrected chi connectivity index (χ0v) is 15.2. The van der Waals surface area contributed by atoms with E-state index in [0.29, 0.717) is 0 Å². The minimum Gasteiger partial charge on any atom is -0.494 e. The Morgan fingerprint density at radius 2 is 1.41 bits per heavy atom. The number of halogens is 1. The van der Waals surface area contributed by atoms with Crippen LogP contribution in [0.5, 0.6) is 5.75 Å². The Bertz CT molecular complexity index is 565. The van der Waals surface area contributed by atoms with Crippen LogP contribution in [-0.2, 0) is 0 Å². The van der Waals surface area contributed by atoms with Crippen LogP contribution in [0.1, 0.15) is 50.5 Å². The molecule has 0 fully saturated rings. The maximum absolute atomic E-state index is 5.88. The molecule has 0 bridgehead atoms. The molecule has 2 heteroatoms. The molecule has 22 heavy (non-hydrogen) atoms. The second-order valence-electron chi connectivity index (χ2n) is 6.02. The molecule has 0 saturated carbocycles. The normalized spacial score (nSPS) is 11.0. The first-order valence-corrected chi connectivity index (χ1v) is 9.61. The molecule has 1 nitrogen and oxygen atoms in total. The van der Waals surface area contributed by atoms with Gasteiger partial charge in [0.05, 0.1) is 6.61 Å². The lowest BCUT2D eigenvalue weighted by Crippen LogP contribution is -1.97. The van der Waals surface area contributed by atoms with E-state index in [0.717, 1.165) is 24.1 Å². The van der Waals surface area contributed by atoms with Crippen molar-refractivity contribution in [1.82, 2.24) is 0 Å². The minimum absolute atomic E-state index is 0.832. The summed E-state index contributed by atoms with van der Waals surface area (Å²) in [5.74, 6) is 0.994. The van der Waals surface area contributed by atoms with Crippen molar-refractivity contribution in [3.8, 4) is 5.75 Å². The van der Waals surface area contributed by atoms with Gasteiger partial charge in [-0.2, -0.15) is 0 Å². The first-order valence-electron chi connectivity index (χ1n) is 8.49. The molecule has 0 aromatic heterocycles. The molecule has 2 rings (SSSR count). The molecule has 0 saturated heterocycles. The van der Waals surface area contributed by atoms with E-state index in [9.17, 15) is 0 Å². The average Bonchev–Trinajstić information content (AvgIpc) is 2.53. The Hall–Kier alpha value is -1.02. The van der Waals surface area contributed by atoms with Crippen molar-refractivity contribution in [2.24, 2.45) is 0 Å². The second kappa shape index (κ2) is 9.89. The van der Waals surface area contributed by atoms with Crippen LogP contribution in [-0.4, -0.2) is 11.9 Å². The van der Waals surface area contributed by atoms with E-state index in [1.807, 2.05) is 0 Å². The maximum atomic E-state index is 5.88. The number of unbranched alkanes of at least 4 members (excludes halogenated alkanes) is 6. The quantitative estimate of drug-likeness (QED) is 0.339. The van der Waals surface area contributed by atoms with E-state index in [1.54, 1.807) is 0 Å². The van der Waals surface area contributed by atoms with Gasteiger partial charge in [-0.15, -0.1) is 0 Å². The van der Waals surface area contributed by atoms with Crippen molar-refractivity contribution < 1.29 is 4.74 Å². The van der Waals surface area contributed by atoms with E-state index in [-0.39, 0.29) is 0 Å². The fourth-order valence-electron chi connectivity index (χ4n) is 2.70. The Labute approximate surface area is 143 Å². The number of benzene rings is 2. The highest BCUT2D eigenvalue weighted by Gasteiger charge is 1.98. The Balaban J connectivity index is 1.64. The standard InChI is InChI=1S/C20H27BrO/c1-17-9-10-19-16-20(12-11-18(19)15-17)22-14-8-6-4-2-3-5-7-13-21/h9-12,15-16H,2-8,13-14H2,1H3. The number of fused-ring (bicyclic) bond motifs is 1. The van der Waals surface area contributed by atoms with Crippen LogP contribution in [0.15, 0.2) is 36.4 Å². The SMILES string of the molecule is Cc1ccc2cc(OCCCCCCCCCBr)ccc2c1. The summed E-state index contributed by atoms with van der Waals surface area (Å²) in [4.78, 5) is 0. The van der Waals surface area contributed by atoms with Gasteiger partial charge in [0.15, 0.2) is 0 Å². The highest BCUT2D eigenvalue weighted by Crippen LogP contribution is 2.22. The maximum Gasteiger partial charge on any atom is 0.119 e. The van der Waals surface area contributed by atoms with Gasteiger partial charge in [-0.3, -0.25) is 0 Å². The summed E-state index contributed by atoms with van der Waals surface area (Å²) in [6, 6.07) is 12.9. The van der Waals surface area contributed by atoms with Crippen LogP contribution in [0.3, 0.4) is 0 Å². The lowest BCUT2D eigenvalue weighted by Gasteiger charge is -2.08. The minimum atomic E-state index is 0.832. The van der Waals surface area contributed by atoms with Gasteiger partial charge < -0.3 is 4.74 Å². The Morgan fingerprint density at radius 3 is 2.18 bits per heavy atom. The number of aryl methyl sites for hydroxylation is 1. The zero-order valence-electron chi connectivity index (χ0n) is 13.6. The molecule has 0 radical (unpaired) electrons. The lowest BCUT2D eigenvalue weighted by atomic mass is 10.1. The van der Waals surface area contributed by atoms with Crippen molar-refractivity contribution in [3.05, 3.63) is 42.0 Å². The number of hydrogen-bond donors (Lipinski definition) is 0. The summed E-state index contributed by atoms with van der Waals surface area (Å²) >= 11 is 3.48. The zero-order chi connectivity index (χ0) is 15.6. The van der Waals surface area contributed by atoms with Crippen LogP contribution < -0.4 is 4.74 Å². The lowest BCUT2D eigenvalue weighted by molar-refractivity contribution is 0.304. The molecule has 0 atom stereocenters. The van der Waals surface area contributed by atoms with Gasteiger partial charge in [-0.05, 0) is 42.7 Å². The van der Waals surface area contributed by atoms with Crippen molar-refractivity contribution in [2.45, 2.75) is 51.9 Å². The number of ether oxygens (including phenoxy) is 1. The summed E-state index contributed by atoms with van der Waals surface area (Å²) < 4.78 is 5.88. The van der Waals surface area contributed by atoms with E-state index in [4.69, 9.17) is 4.74 Å². The van der Waals surface area contributed by atoms with Gasteiger partial charge >= 0.3 is 0 Å². The van der Waals surface area contributed by atoms with Gasteiger partial charge in [0.25, 0.3) is 0 Å². The molecule has 2 aromatic carbocycles. The largest absolute Gasteiger partial charge is 0.494 e. The molecule has 0 spiro atoms. The second-order valence-corrected chi connectivity index (χ2v) is 6.82. The molecule has 0 aliphatic carbocycles. The third-order valence-electron chi connectivity index (χ3n) is 4.01. The van der Waals surface area contributed by atoms with E-state index in [2.05, 4.69) is 59.3 Å². The third kappa shape index (κ3) is 6.00. The molecule has 0 aliphatic rings. The van der Waals surface area contributed by atoms with Crippen LogP contribution in [0.25, 0.3) is 10.8 Å². The molecule has 120 valence electrons. The van der Waals surface area contributed by atoms with Crippen LogP contribution in [0, 0.1) is 6.92 Å². The van der Waals surface area contributed by atoms with Gasteiger partial charge in [0.2, 0.25) is 0 Å². The number of hydrogen-bond acceptors (Lipinski definition) is 1. The van der Waals surface area contributed by atoms with E-state index < -0.39 is 0 Å². The molecule has 0 heterocycles. The smallest absolute Gasteiger partial charge is 0.119 e. The van der Waals surface area contributed by atoms with Gasteiger partial charge in [0, 0.05) is 5.33 Å². The Morgan fingerprint density at radius 1 is 0.773 bits per heavy atom. The summed E-state index contributed by atoms with van der Waals surface area (Å²) in [7, 11) is 0. The molecular weight excluding hydrogens is 336 g/mol. The first kappa shape index (κ1) is 17.3. The fourth-order valence-corrected chi connectivity index (χ4v) is 3.10. The van der Waals surface area contributed by atoms with Crippen molar-refractivity contribution in [1.29, 1.82) is 0 Å². The van der Waals surface area contributed by atoms with Crippen molar-refractivity contribution >= 4 is 26.7 Å². The summed E-state index contributed by atoms with van der Waals surface area (Å²) in [6.07, 6.45) is 9.18. The Kier molecular flexibility index (Phi) is 7.79. The van der Waals surface area contributed by atoms with Gasteiger partial charge in [-0.1, -0.05) is 77.9 Å². The molecule has 0 unspecified atom stereocenters. The topological polar surface area (TPSA) is 9.23 Å². The monoisotopic (exact) mass is 362 g/mol. The average molecular weight is 363 g/mol. The fraction of sp³-hybridized carbons (Fsp3) is 0.500. The van der Waals surface area contributed by atoms with Crippen molar-refractivity contribution in [3.63, 3.8) is 0 Å². The van der Waals surface area contributed by atoms with Gasteiger partial charge in [0.1, 0.15) is 5.75 Å². The molecule has 0 N–H and O–H groups in total. The molecule has 2 aromatic rings. The molecule has 0 amide bonds. The van der Waals surface area contributed by atoms with Gasteiger partial charge in [-0.25, -0.2) is 0 Å². The number of alkyl halides is 1. The predicted molar refractivity (Wildman–Crippen MR) is 100 cm³/mol. The summed E-state index contributed by atoms with van der Waals surface area (Å²) in [6.45, 7) is 2.96. The third-order valence-corrected chi connectivity index (χ3v) is 4.57. The van der Waals surface area contributed by atoms with Crippen molar-refractivity contribution in [2.75, 3.05) is 11.9 Å². The van der Waals surface area contributed by atoms with Crippen LogP contribution in [0.2, 0.25) is 0 Å². The van der Waals surface area contributed by atoms with E-state index in [1.165, 1.54) is 54.9 Å². The highest BCUT2D eigenvalue weighted by molar-refractivity contribution is 9.09. The predicted octanol–water partition coefficient (Wildman–Crippen LogP) is 6.65. The van der Waals surface area contributed by atoms with E-state index >= 15 is 0 Å². The highest BCUT2D eigenvalue weighted by atomic mass is 79.9. The molecule has 0 aliphatic heterocycles. The molecular formula is C20H27BrO. The van der Waals surface area contributed by atoms with Crippen LogP contribution in [0.4, 0.5) is 0 Å². The van der Waals surface area contributed by atoms with Crippen LogP contribution >= 0.6 is 15.9 Å².